The third kappa shape index (κ3) is 5.80. The maximum atomic E-state index is 12.3. The molecule has 0 bridgehead atoms. The molecule has 0 amide bonds. The van der Waals surface area contributed by atoms with Crippen LogP contribution in [0.15, 0.2) is 36.9 Å². The molecule has 160 valence electrons. The molecular formula is C24H32F2O3. The molecule has 0 spiro atoms. The van der Waals surface area contributed by atoms with E-state index in [1.165, 1.54) is 18.4 Å². The first-order valence-corrected chi connectivity index (χ1v) is 10.9. The van der Waals surface area contributed by atoms with Crippen LogP contribution in [-0.2, 0) is 4.79 Å². The molecule has 1 unspecified atom stereocenters. The standard InChI is InChI=1S/C24H32F2O3/c1-2-3-22(23(27)28)20-10-8-18(9-11-20)16-4-6-17(7-5-16)19-12-14-21(15-13-19)29-24(25)26/h2,12-18,20,22,24H,1,3-11H2,(H,27,28)/t16-,17-,18?,20?,22?. The summed E-state index contributed by atoms with van der Waals surface area (Å²) in [6.45, 7) is 0.928. The molecule has 0 radical (unpaired) electrons. The molecule has 29 heavy (non-hydrogen) atoms. The Morgan fingerprint density at radius 1 is 1.03 bits per heavy atom. The molecule has 2 aliphatic carbocycles. The Morgan fingerprint density at radius 2 is 1.59 bits per heavy atom. The number of hydrogen-bond acceptors (Lipinski definition) is 2. The van der Waals surface area contributed by atoms with Gasteiger partial charge in [-0.3, -0.25) is 4.79 Å². The maximum absolute atomic E-state index is 12.3. The summed E-state index contributed by atoms with van der Waals surface area (Å²) in [5.74, 6) is 1.48. The SMILES string of the molecule is C=CCC(C(=O)O)C1CCC([C@H]2CC[C@H](c3ccc(OC(F)F)cc3)CC2)CC1. The van der Waals surface area contributed by atoms with E-state index in [4.69, 9.17) is 0 Å². The topological polar surface area (TPSA) is 46.5 Å². The van der Waals surface area contributed by atoms with E-state index in [-0.39, 0.29) is 17.6 Å². The Morgan fingerprint density at radius 3 is 2.07 bits per heavy atom. The van der Waals surface area contributed by atoms with Crippen LogP contribution in [-0.4, -0.2) is 17.7 Å². The van der Waals surface area contributed by atoms with Gasteiger partial charge in [0.15, 0.2) is 0 Å². The monoisotopic (exact) mass is 406 g/mol. The highest BCUT2D eigenvalue weighted by Gasteiger charge is 2.35. The van der Waals surface area contributed by atoms with Crippen LogP contribution in [0.2, 0.25) is 0 Å². The number of allylic oxidation sites excluding steroid dienone is 1. The molecule has 3 nitrogen and oxygen atoms in total. The fourth-order valence-corrected chi connectivity index (χ4v) is 5.54. The van der Waals surface area contributed by atoms with Gasteiger partial charge in [-0.25, -0.2) is 0 Å². The normalized spacial score (nSPS) is 28.7. The number of aliphatic carboxylic acids is 1. The highest BCUT2D eigenvalue weighted by Crippen LogP contribution is 2.45. The number of halogens is 2. The highest BCUT2D eigenvalue weighted by molar-refractivity contribution is 5.70. The van der Waals surface area contributed by atoms with Gasteiger partial charge in [0.05, 0.1) is 5.92 Å². The molecule has 3 rings (SSSR count). The van der Waals surface area contributed by atoms with Crippen molar-refractivity contribution >= 4 is 5.97 Å². The average Bonchev–Trinajstić information content (AvgIpc) is 2.72. The minimum absolute atomic E-state index is 0.213. The number of carboxylic acids is 1. The van der Waals surface area contributed by atoms with E-state index in [0.29, 0.717) is 18.3 Å². The zero-order valence-corrected chi connectivity index (χ0v) is 16.9. The summed E-state index contributed by atoms with van der Waals surface area (Å²) in [4.78, 5) is 11.5. The lowest BCUT2D eigenvalue weighted by atomic mass is 9.66. The zero-order chi connectivity index (χ0) is 20.8. The third-order valence-electron chi connectivity index (χ3n) is 7.14. The minimum Gasteiger partial charge on any atom is -0.481 e. The van der Waals surface area contributed by atoms with Crippen LogP contribution in [0.4, 0.5) is 8.78 Å². The van der Waals surface area contributed by atoms with Crippen LogP contribution in [0.1, 0.15) is 69.3 Å². The van der Waals surface area contributed by atoms with Gasteiger partial charge in [0.2, 0.25) is 0 Å². The molecule has 2 fully saturated rings. The second-order valence-corrected chi connectivity index (χ2v) is 8.70. The van der Waals surface area contributed by atoms with Crippen LogP contribution in [0, 0.1) is 23.7 Å². The van der Waals surface area contributed by atoms with Crippen molar-refractivity contribution in [2.75, 3.05) is 0 Å². The van der Waals surface area contributed by atoms with Gasteiger partial charge >= 0.3 is 12.6 Å². The van der Waals surface area contributed by atoms with E-state index < -0.39 is 12.6 Å². The predicted molar refractivity (Wildman–Crippen MR) is 109 cm³/mol. The van der Waals surface area contributed by atoms with E-state index in [1.54, 1.807) is 18.2 Å². The lowest BCUT2D eigenvalue weighted by molar-refractivity contribution is -0.144. The average molecular weight is 407 g/mol. The summed E-state index contributed by atoms with van der Waals surface area (Å²) in [6.07, 6.45) is 11.3. The molecule has 0 saturated heterocycles. The summed E-state index contributed by atoms with van der Waals surface area (Å²) >= 11 is 0. The summed E-state index contributed by atoms with van der Waals surface area (Å²) in [5.41, 5.74) is 1.21. The van der Waals surface area contributed by atoms with Crippen molar-refractivity contribution in [1.82, 2.24) is 0 Å². The van der Waals surface area contributed by atoms with Crippen molar-refractivity contribution in [2.24, 2.45) is 23.7 Å². The molecule has 1 N–H and O–H groups in total. The van der Waals surface area contributed by atoms with Crippen molar-refractivity contribution in [1.29, 1.82) is 0 Å². The highest BCUT2D eigenvalue weighted by atomic mass is 19.3. The van der Waals surface area contributed by atoms with Crippen LogP contribution in [0.3, 0.4) is 0 Å². The zero-order valence-electron chi connectivity index (χ0n) is 16.9. The third-order valence-corrected chi connectivity index (χ3v) is 7.14. The molecule has 0 aromatic heterocycles. The lowest BCUT2D eigenvalue weighted by Gasteiger charge is -2.39. The van der Waals surface area contributed by atoms with E-state index in [0.717, 1.165) is 44.4 Å². The van der Waals surface area contributed by atoms with Gasteiger partial charge in [-0.2, -0.15) is 8.78 Å². The minimum atomic E-state index is -2.78. The molecule has 2 saturated carbocycles. The molecule has 1 aromatic carbocycles. The second kappa shape index (κ2) is 10.2. The van der Waals surface area contributed by atoms with Crippen molar-refractivity contribution in [3.05, 3.63) is 42.5 Å². The van der Waals surface area contributed by atoms with Crippen molar-refractivity contribution in [3.8, 4) is 5.75 Å². The fourth-order valence-electron chi connectivity index (χ4n) is 5.54. The quantitative estimate of drug-likeness (QED) is 0.492. The van der Waals surface area contributed by atoms with Gasteiger partial charge in [-0.05, 0) is 99.2 Å². The molecule has 5 heteroatoms. The number of carbonyl (C=O) groups is 1. The molecule has 1 aromatic rings. The number of benzene rings is 1. The van der Waals surface area contributed by atoms with Crippen molar-refractivity contribution < 1.29 is 23.4 Å². The number of hydrogen-bond donors (Lipinski definition) is 1. The predicted octanol–water partition coefficient (Wildman–Crippen LogP) is 6.65. The van der Waals surface area contributed by atoms with E-state index in [9.17, 15) is 18.7 Å². The largest absolute Gasteiger partial charge is 0.481 e. The molecular weight excluding hydrogens is 374 g/mol. The Bertz CT molecular complexity index is 657. The van der Waals surface area contributed by atoms with E-state index in [2.05, 4.69) is 11.3 Å². The van der Waals surface area contributed by atoms with Gasteiger partial charge in [-0.15, -0.1) is 6.58 Å². The first-order chi connectivity index (χ1) is 14.0. The lowest BCUT2D eigenvalue weighted by Crippen LogP contribution is -2.30. The number of carboxylic acid groups (broad SMARTS) is 1. The summed E-state index contributed by atoms with van der Waals surface area (Å²) in [6, 6.07) is 7.10. The Hall–Kier alpha value is -1.91. The summed E-state index contributed by atoms with van der Waals surface area (Å²) < 4.78 is 29.0. The molecule has 1 atom stereocenters. The van der Waals surface area contributed by atoms with Gasteiger partial charge in [0, 0.05) is 0 Å². The number of rotatable bonds is 8. The Kier molecular flexibility index (Phi) is 7.68. The van der Waals surface area contributed by atoms with E-state index in [1.807, 2.05) is 12.1 Å². The Labute approximate surface area is 172 Å². The summed E-state index contributed by atoms with van der Waals surface area (Å²) in [5, 5.41) is 9.48. The van der Waals surface area contributed by atoms with Crippen molar-refractivity contribution in [3.63, 3.8) is 0 Å². The summed E-state index contributed by atoms with van der Waals surface area (Å²) in [7, 11) is 0. The van der Waals surface area contributed by atoms with Crippen LogP contribution < -0.4 is 4.74 Å². The molecule has 2 aliphatic rings. The van der Waals surface area contributed by atoms with Crippen LogP contribution in [0.25, 0.3) is 0 Å². The smallest absolute Gasteiger partial charge is 0.387 e. The van der Waals surface area contributed by atoms with Crippen LogP contribution >= 0.6 is 0 Å². The van der Waals surface area contributed by atoms with Gasteiger partial charge in [-0.1, -0.05) is 18.2 Å². The number of ether oxygens (including phenoxy) is 1. The Balaban J connectivity index is 1.46. The first-order valence-electron chi connectivity index (χ1n) is 10.9. The van der Waals surface area contributed by atoms with Crippen LogP contribution in [0.5, 0.6) is 5.75 Å². The maximum Gasteiger partial charge on any atom is 0.387 e. The van der Waals surface area contributed by atoms with Gasteiger partial charge in [0.25, 0.3) is 0 Å². The van der Waals surface area contributed by atoms with Crippen molar-refractivity contribution in [2.45, 2.75) is 70.3 Å². The van der Waals surface area contributed by atoms with E-state index >= 15 is 0 Å². The van der Waals surface area contributed by atoms with Gasteiger partial charge in [0.1, 0.15) is 5.75 Å². The molecule has 0 aliphatic heterocycles. The first kappa shape index (κ1) is 21.8. The molecule has 0 heterocycles. The number of alkyl halides is 2. The van der Waals surface area contributed by atoms with Gasteiger partial charge < -0.3 is 9.84 Å². The second-order valence-electron chi connectivity index (χ2n) is 8.70. The fraction of sp³-hybridized carbons (Fsp3) is 0.625.